The second kappa shape index (κ2) is 7.09. The van der Waals surface area contributed by atoms with Gasteiger partial charge in [-0.1, -0.05) is 48.0 Å². The molecular weight excluding hydrogens is 340 g/mol. The molecule has 0 bridgehead atoms. The number of aromatic nitrogens is 1. The third kappa shape index (κ3) is 3.43. The van der Waals surface area contributed by atoms with Crippen molar-refractivity contribution in [2.24, 2.45) is 0 Å². The number of benzene rings is 2. The van der Waals surface area contributed by atoms with Gasteiger partial charge in [-0.05, 0) is 17.7 Å². The van der Waals surface area contributed by atoms with Crippen molar-refractivity contribution in [3.05, 3.63) is 70.4 Å². The number of aromatic amines is 1. The van der Waals surface area contributed by atoms with E-state index in [0.717, 1.165) is 16.0 Å². The highest BCUT2D eigenvalue weighted by Gasteiger charge is 2.22. The number of H-pyrrole nitrogens is 1. The average Bonchev–Trinajstić information content (AvgIpc) is 2.98. The first kappa shape index (κ1) is 17.2. The minimum absolute atomic E-state index is 0.0415. The molecule has 1 amide bonds. The molecular formula is C19H17ClN2O3. The van der Waals surface area contributed by atoms with Crippen LogP contribution in [0.3, 0.4) is 0 Å². The maximum atomic E-state index is 12.9. The molecule has 1 N–H and O–H groups in total. The summed E-state index contributed by atoms with van der Waals surface area (Å²) in [5, 5.41) is 2.49. The number of hydrogen-bond acceptors (Lipinski definition) is 3. The third-order valence-corrected chi connectivity index (χ3v) is 4.32. The summed E-state index contributed by atoms with van der Waals surface area (Å²) in [5.74, 6) is -0.420. The molecule has 0 aliphatic heterocycles. The largest absolute Gasteiger partial charge is 0.352 e. The molecule has 0 fully saturated rings. The van der Waals surface area contributed by atoms with Crippen LogP contribution in [0.2, 0.25) is 5.02 Å². The molecule has 25 heavy (non-hydrogen) atoms. The van der Waals surface area contributed by atoms with Crippen LogP contribution in [0.5, 0.6) is 0 Å². The van der Waals surface area contributed by atoms with Crippen molar-refractivity contribution in [3.63, 3.8) is 0 Å². The van der Waals surface area contributed by atoms with Crippen LogP contribution in [0.15, 0.2) is 48.5 Å². The maximum absolute atomic E-state index is 12.9. The van der Waals surface area contributed by atoms with E-state index in [1.165, 1.54) is 14.2 Å². The zero-order valence-electron chi connectivity index (χ0n) is 13.9. The quantitative estimate of drug-likeness (QED) is 0.561. The average molecular weight is 357 g/mol. The van der Waals surface area contributed by atoms with Gasteiger partial charge in [0.1, 0.15) is 0 Å². The number of likely N-dealkylation sites (N-methyl/N-ethyl adjacent to an activating group) is 1. The Morgan fingerprint density at radius 2 is 1.88 bits per heavy atom. The van der Waals surface area contributed by atoms with Gasteiger partial charge in [0.2, 0.25) is 11.7 Å². The number of carbonyl (C=O) groups is 2. The van der Waals surface area contributed by atoms with Crippen LogP contribution in [0.4, 0.5) is 0 Å². The number of ketones is 1. The first-order chi connectivity index (χ1) is 12.0. The van der Waals surface area contributed by atoms with Crippen LogP contribution >= 0.6 is 11.6 Å². The maximum Gasteiger partial charge on any atom is 0.250 e. The van der Waals surface area contributed by atoms with E-state index >= 15 is 0 Å². The lowest BCUT2D eigenvalue weighted by Gasteiger charge is -2.13. The van der Waals surface area contributed by atoms with Crippen molar-refractivity contribution >= 4 is 34.2 Å². The number of nitrogens with zero attached hydrogens (tertiary/aromatic N) is 1. The Bertz CT molecular complexity index is 934. The molecule has 1 aromatic heterocycles. The van der Waals surface area contributed by atoms with Gasteiger partial charge in [0, 0.05) is 28.5 Å². The number of halogens is 1. The van der Waals surface area contributed by atoms with E-state index in [9.17, 15) is 9.59 Å². The summed E-state index contributed by atoms with van der Waals surface area (Å²) in [6, 6.07) is 14.2. The van der Waals surface area contributed by atoms with Gasteiger partial charge >= 0.3 is 0 Å². The normalized spacial score (nSPS) is 10.8. The van der Waals surface area contributed by atoms with Crippen LogP contribution in [0.25, 0.3) is 10.9 Å². The smallest absolute Gasteiger partial charge is 0.250 e. The Labute approximate surface area is 150 Å². The third-order valence-electron chi connectivity index (χ3n) is 4.08. The number of hydroxylamine groups is 2. The van der Waals surface area contributed by atoms with E-state index in [2.05, 4.69) is 4.98 Å². The lowest BCUT2D eigenvalue weighted by Crippen LogP contribution is -2.27. The number of hydrogen-bond donors (Lipinski definition) is 1. The molecule has 0 atom stereocenters. The lowest BCUT2D eigenvalue weighted by molar-refractivity contribution is -0.167. The lowest BCUT2D eigenvalue weighted by atomic mass is 10.0. The molecule has 0 saturated carbocycles. The van der Waals surface area contributed by atoms with E-state index < -0.39 is 0 Å². The molecule has 0 aliphatic carbocycles. The number of carbonyl (C=O) groups excluding carboxylic acids is 2. The summed E-state index contributed by atoms with van der Waals surface area (Å²) >= 11 is 6.06. The predicted molar refractivity (Wildman–Crippen MR) is 96.7 cm³/mol. The summed E-state index contributed by atoms with van der Waals surface area (Å²) in [6.07, 6.45) is 0.0415. The zero-order valence-corrected chi connectivity index (χ0v) is 14.6. The van der Waals surface area contributed by atoms with Gasteiger partial charge in [0.25, 0.3) is 0 Å². The fourth-order valence-electron chi connectivity index (χ4n) is 2.70. The van der Waals surface area contributed by atoms with Crippen molar-refractivity contribution in [2.75, 3.05) is 14.2 Å². The fourth-order valence-corrected chi connectivity index (χ4v) is 2.88. The minimum atomic E-state index is -0.250. The van der Waals surface area contributed by atoms with E-state index in [-0.39, 0.29) is 18.1 Å². The summed E-state index contributed by atoms with van der Waals surface area (Å²) in [4.78, 5) is 33.3. The van der Waals surface area contributed by atoms with E-state index in [1.807, 2.05) is 12.1 Å². The van der Waals surface area contributed by atoms with Gasteiger partial charge in [-0.3, -0.25) is 14.4 Å². The van der Waals surface area contributed by atoms with Crippen LogP contribution in [0.1, 0.15) is 21.6 Å². The topological polar surface area (TPSA) is 62.4 Å². The van der Waals surface area contributed by atoms with Crippen LogP contribution in [0, 0.1) is 0 Å². The molecule has 2 aromatic carbocycles. The fraction of sp³-hybridized carbons (Fsp3) is 0.158. The Balaban J connectivity index is 2.11. The molecule has 128 valence electrons. The van der Waals surface area contributed by atoms with E-state index in [4.69, 9.17) is 16.4 Å². The predicted octanol–water partition coefficient (Wildman–Crippen LogP) is 3.61. The molecule has 0 unspecified atom stereocenters. The molecule has 3 rings (SSSR count). The standard InChI is InChI=1S/C19H17ClN2O3/c1-22(25-2)17(23)11-15-14-9-8-13(20)10-16(14)21-18(15)19(24)12-6-4-3-5-7-12/h3-10,21H,11H2,1-2H3. The Morgan fingerprint density at radius 1 is 1.16 bits per heavy atom. The summed E-state index contributed by atoms with van der Waals surface area (Å²) in [7, 11) is 2.95. The molecule has 0 aliphatic rings. The number of amides is 1. The Morgan fingerprint density at radius 3 is 2.56 bits per heavy atom. The number of fused-ring (bicyclic) bond motifs is 1. The van der Waals surface area contributed by atoms with Gasteiger partial charge in [0.05, 0.1) is 19.2 Å². The molecule has 3 aromatic rings. The van der Waals surface area contributed by atoms with Gasteiger partial charge in [-0.2, -0.15) is 0 Å². The second-order valence-electron chi connectivity index (χ2n) is 5.61. The molecule has 5 nitrogen and oxygen atoms in total. The minimum Gasteiger partial charge on any atom is -0.352 e. The second-order valence-corrected chi connectivity index (χ2v) is 6.05. The molecule has 0 spiro atoms. The van der Waals surface area contributed by atoms with Crippen molar-refractivity contribution in [1.82, 2.24) is 10.0 Å². The van der Waals surface area contributed by atoms with Crippen LogP contribution < -0.4 is 0 Å². The summed E-state index contributed by atoms with van der Waals surface area (Å²) in [5.41, 5.74) is 2.29. The highest BCUT2D eigenvalue weighted by molar-refractivity contribution is 6.31. The highest BCUT2D eigenvalue weighted by Crippen LogP contribution is 2.28. The summed E-state index contributed by atoms with van der Waals surface area (Å²) < 4.78 is 0. The van der Waals surface area contributed by atoms with Crippen LogP contribution in [-0.4, -0.2) is 35.9 Å². The van der Waals surface area contributed by atoms with Gasteiger partial charge in [0.15, 0.2) is 0 Å². The van der Waals surface area contributed by atoms with Gasteiger partial charge in [-0.25, -0.2) is 5.06 Å². The Hall–Kier alpha value is -2.63. The molecule has 1 heterocycles. The first-order valence-electron chi connectivity index (χ1n) is 7.71. The van der Waals surface area contributed by atoms with Crippen molar-refractivity contribution < 1.29 is 14.4 Å². The van der Waals surface area contributed by atoms with E-state index in [1.54, 1.807) is 36.4 Å². The summed E-state index contributed by atoms with van der Waals surface area (Å²) in [6.45, 7) is 0. The van der Waals surface area contributed by atoms with Gasteiger partial charge < -0.3 is 4.98 Å². The van der Waals surface area contributed by atoms with Gasteiger partial charge in [-0.15, -0.1) is 0 Å². The molecule has 0 radical (unpaired) electrons. The highest BCUT2D eigenvalue weighted by atomic mass is 35.5. The van der Waals surface area contributed by atoms with Crippen LogP contribution in [-0.2, 0) is 16.1 Å². The molecule has 0 saturated heterocycles. The first-order valence-corrected chi connectivity index (χ1v) is 8.09. The number of rotatable bonds is 5. The van der Waals surface area contributed by atoms with Crippen molar-refractivity contribution in [3.8, 4) is 0 Å². The molecule has 6 heteroatoms. The van der Waals surface area contributed by atoms with Crippen molar-refractivity contribution in [1.29, 1.82) is 0 Å². The van der Waals surface area contributed by atoms with E-state index in [0.29, 0.717) is 21.8 Å². The SMILES string of the molecule is CON(C)C(=O)Cc1c(C(=O)c2ccccc2)[nH]c2cc(Cl)ccc12. The Kier molecular flexibility index (Phi) is 4.88. The monoisotopic (exact) mass is 356 g/mol. The zero-order chi connectivity index (χ0) is 18.0. The number of nitrogens with one attached hydrogen (secondary N) is 1. The van der Waals surface area contributed by atoms with Crippen molar-refractivity contribution in [2.45, 2.75) is 6.42 Å².